The van der Waals surface area contributed by atoms with E-state index >= 15 is 0 Å². The minimum Gasteiger partial charge on any atom is -0.232 e. The highest BCUT2D eigenvalue weighted by atomic mass is 35.5. The molecule has 1 aromatic carbocycles. The SMILES string of the molecule is CC(C)(CCc1ccccc1)NS(=O)(=O)c1cnc(Cl)s1. The fraction of sp³-hybridized carbons (Fsp3) is 0.357. The second-order valence-corrected chi connectivity index (χ2v) is 8.93. The standard InChI is InChI=1S/C14H17ClN2O2S2/c1-14(2,9-8-11-6-4-3-5-7-11)17-21(18,19)12-10-16-13(15)20-12/h3-7,10,17H,8-9H2,1-2H3. The van der Waals surface area contributed by atoms with Gasteiger partial charge in [-0.15, -0.1) is 0 Å². The second kappa shape index (κ2) is 6.44. The van der Waals surface area contributed by atoms with E-state index in [2.05, 4.69) is 9.71 Å². The molecule has 0 bridgehead atoms. The Kier molecular flexibility index (Phi) is 5.03. The van der Waals surface area contributed by atoms with Crippen molar-refractivity contribution < 1.29 is 8.42 Å². The molecule has 0 aliphatic carbocycles. The number of aryl methyl sites for hydroxylation is 1. The first-order valence-electron chi connectivity index (χ1n) is 6.48. The molecule has 0 saturated carbocycles. The molecule has 21 heavy (non-hydrogen) atoms. The molecular weight excluding hydrogens is 328 g/mol. The van der Waals surface area contributed by atoms with Crippen molar-refractivity contribution in [3.8, 4) is 0 Å². The van der Waals surface area contributed by atoms with Crippen LogP contribution in [0.4, 0.5) is 0 Å². The second-order valence-electron chi connectivity index (χ2n) is 5.41. The van der Waals surface area contributed by atoms with Gasteiger partial charge in [-0.3, -0.25) is 0 Å². The first kappa shape index (κ1) is 16.4. The molecule has 2 aromatic rings. The van der Waals surface area contributed by atoms with Crippen molar-refractivity contribution in [1.82, 2.24) is 9.71 Å². The molecule has 1 N–H and O–H groups in total. The summed E-state index contributed by atoms with van der Waals surface area (Å²) in [4.78, 5) is 3.77. The molecule has 1 heterocycles. The summed E-state index contributed by atoms with van der Waals surface area (Å²) >= 11 is 6.65. The molecule has 0 spiro atoms. The van der Waals surface area contributed by atoms with Crippen molar-refractivity contribution in [2.24, 2.45) is 0 Å². The van der Waals surface area contributed by atoms with Crippen molar-refractivity contribution in [2.75, 3.05) is 0 Å². The largest absolute Gasteiger partial charge is 0.252 e. The van der Waals surface area contributed by atoms with Gasteiger partial charge in [0, 0.05) is 5.54 Å². The van der Waals surface area contributed by atoms with Crippen molar-refractivity contribution in [2.45, 2.75) is 36.4 Å². The summed E-state index contributed by atoms with van der Waals surface area (Å²) in [6, 6.07) is 9.99. The monoisotopic (exact) mass is 344 g/mol. The molecule has 4 nitrogen and oxygen atoms in total. The Morgan fingerprint density at radius 3 is 2.52 bits per heavy atom. The summed E-state index contributed by atoms with van der Waals surface area (Å²) < 4.78 is 27.6. The van der Waals surface area contributed by atoms with E-state index in [4.69, 9.17) is 11.6 Å². The lowest BCUT2D eigenvalue weighted by atomic mass is 9.97. The zero-order valence-electron chi connectivity index (χ0n) is 11.8. The van der Waals surface area contributed by atoms with Gasteiger partial charge in [0.15, 0.2) is 8.68 Å². The summed E-state index contributed by atoms with van der Waals surface area (Å²) in [5.41, 5.74) is 0.635. The summed E-state index contributed by atoms with van der Waals surface area (Å²) in [7, 11) is -3.58. The Morgan fingerprint density at radius 1 is 1.29 bits per heavy atom. The van der Waals surface area contributed by atoms with Gasteiger partial charge in [-0.1, -0.05) is 53.3 Å². The van der Waals surface area contributed by atoms with Crippen LogP contribution >= 0.6 is 22.9 Å². The lowest BCUT2D eigenvalue weighted by Gasteiger charge is -2.25. The van der Waals surface area contributed by atoms with Crippen molar-refractivity contribution in [3.05, 3.63) is 46.6 Å². The maximum atomic E-state index is 12.3. The topological polar surface area (TPSA) is 59.1 Å². The van der Waals surface area contributed by atoms with Gasteiger partial charge in [0.2, 0.25) is 0 Å². The van der Waals surface area contributed by atoms with Crippen LogP contribution in [0.5, 0.6) is 0 Å². The summed E-state index contributed by atoms with van der Waals surface area (Å²) in [6.45, 7) is 3.74. The smallest absolute Gasteiger partial charge is 0.232 e. The van der Waals surface area contributed by atoms with E-state index in [-0.39, 0.29) is 8.68 Å². The third-order valence-electron chi connectivity index (χ3n) is 3.01. The predicted molar refractivity (Wildman–Crippen MR) is 86.3 cm³/mol. The number of thiazole rings is 1. The van der Waals surface area contributed by atoms with Crippen LogP contribution in [0.1, 0.15) is 25.8 Å². The van der Waals surface area contributed by atoms with Crippen LogP contribution in [-0.4, -0.2) is 18.9 Å². The maximum absolute atomic E-state index is 12.3. The van der Waals surface area contributed by atoms with Gasteiger partial charge in [-0.25, -0.2) is 18.1 Å². The molecule has 0 unspecified atom stereocenters. The third kappa shape index (κ3) is 4.78. The molecule has 0 radical (unpaired) electrons. The zero-order chi connectivity index (χ0) is 15.5. The molecule has 0 atom stereocenters. The highest BCUT2D eigenvalue weighted by molar-refractivity contribution is 7.91. The number of aromatic nitrogens is 1. The van der Waals surface area contributed by atoms with Gasteiger partial charge in [0.05, 0.1) is 6.20 Å². The Hall–Kier alpha value is -0.950. The average molecular weight is 345 g/mol. The lowest BCUT2D eigenvalue weighted by molar-refractivity contribution is 0.423. The molecule has 7 heteroatoms. The fourth-order valence-corrected chi connectivity index (χ4v) is 4.66. The molecule has 0 aliphatic rings. The van der Waals surface area contributed by atoms with Crippen LogP contribution in [0.15, 0.2) is 40.7 Å². The number of nitrogens with zero attached hydrogens (tertiary/aromatic N) is 1. The number of nitrogens with one attached hydrogen (secondary N) is 1. The van der Waals surface area contributed by atoms with Crippen molar-refractivity contribution >= 4 is 33.0 Å². The number of hydrogen-bond donors (Lipinski definition) is 1. The fourth-order valence-electron chi connectivity index (χ4n) is 1.93. The van der Waals surface area contributed by atoms with E-state index in [9.17, 15) is 8.42 Å². The molecule has 2 rings (SSSR count). The number of hydrogen-bond acceptors (Lipinski definition) is 4. The highest BCUT2D eigenvalue weighted by Crippen LogP contribution is 2.24. The molecule has 0 saturated heterocycles. The quantitative estimate of drug-likeness (QED) is 0.872. The van der Waals surface area contributed by atoms with Crippen LogP contribution in [0.25, 0.3) is 0 Å². The van der Waals surface area contributed by atoms with Crippen molar-refractivity contribution in [1.29, 1.82) is 0 Å². The van der Waals surface area contributed by atoms with Gasteiger partial charge in [0.1, 0.15) is 0 Å². The first-order chi connectivity index (χ1) is 9.78. The van der Waals surface area contributed by atoms with E-state index in [0.29, 0.717) is 6.42 Å². The number of benzene rings is 1. The van der Waals surface area contributed by atoms with E-state index in [0.717, 1.165) is 17.8 Å². The molecule has 1 aromatic heterocycles. The van der Waals surface area contributed by atoms with E-state index in [1.165, 1.54) is 11.8 Å². The zero-order valence-corrected chi connectivity index (χ0v) is 14.2. The third-order valence-corrected chi connectivity index (χ3v) is 6.29. The molecule has 0 amide bonds. The minimum absolute atomic E-state index is 0.139. The highest BCUT2D eigenvalue weighted by Gasteiger charge is 2.27. The van der Waals surface area contributed by atoms with Gasteiger partial charge >= 0.3 is 0 Å². The Morgan fingerprint density at radius 2 is 1.95 bits per heavy atom. The van der Waals surface area contributed by atoms with Gasteiger partial charge in [0.25, 0.3) is 10.0 Å². The van der Waals surface area contributed by atoms with Crippen LogP contribution in [0.2, 0.25) is 4.47 Å². The van der Waals surface area contributed by atoms with Crippen molar-refractivity contribution in [3.63, 3.8) is 0 Å². The lowest BCUT2D eigenvalue weighted by Crippen LogP contribution is -2.43. The van der Waals surface area contributed by atoms with Gasteiger partial charge < -0.3 is 0 Å². The molecular formula is C14H17ClN2O2S2. The summed E-state index contributed by atoms with van der Waals surface area (Å²) in [6.07, 6.45) is 2.78. The van der Waals surface area contributed by atoms with Crippen LogP contribution in [-0.2, 0) is 16.4 Å². The summed E-state index contributed by atoms with van der Waals surface area (Å²) in [5.74, 6) is 0. The van der Waals surface area contributed by atoms with E-state index in [1.54, 1.807) is 0 Å². The van der Waals surface area contributed by atoms with Gasteiger partial charge in [-0.2, -0.15) is 0 Å². The predicted octanol–water partition coefficient (Wildman–Crippen LogP) is 3.49. The average Bonchev–Trinajstić information content (AvgIpc) is 2.84. The summed E-state index contributed by atoms with van der Waals surface area (Å²) in [5, 5.41) is 0. The number of sulfonamides is 1. The Bertz CT molecular complexity index is 697. The normalized spacial score (nSPS) is 12.5. The molecule has 0 fully saturated rings. The molecule has 114 valence electrons. The first-order valence-corrected chi connectivity index (χ1v) is 9.15. The maximum Gasteiger partial charge on any atom is 0.252 e. The van der Waals surface area contributed by atoms with Crippen LogP contribution < -0.4 is 4.72 Å². The van der Waals surface area contributed by atoms with Gasteiger partial charge in [-0.05, 0) is 32.3 Å². The number of halogens is 1. The Labute approximate surface area is 134 Å². The van der Waals surface area contributed by atoms with Crippen LogP contribution in [0.3, 0.4) is 0 Å². The van der Waals surface area contributed by atoms with E-state index < -0.39 is 15.6 Å². The van der Waals surface area contributed by atoms with Crippen LogP contribution in [0, 0.1) is 0 Å². The minimum atomic E-state index is -3.58. The number of rotatable bonds is 6. The van der Waals surface area contributed by atoms with E-state index in [1.807, 2.05) is 44.2 Å². The Balaban J connectivity index is 2.03. The molecule has 0 aliphatic heterocycles.